The molecule has 1 aromatic carbocycles. The third-order valence-corrected chi connectivity index (χ3v) is 1.42. The second kappa shape index (κ2) is 3.75. The summed E-state index contributed by atoms with van der Waals surface area (Å²) < 4.78 is 61.0. The Morgan fingerprint density at radius 3 is 2.08 bits per heavy atom. The third kappa shape index (κ3) is 2.43. The van der Waals surface area contributed by atoms with Crippen molar-refractivity contribution in [1.82, 2.24) is 0 Å². The fourth-order valence-corrected chi connectivity index (χ4v) is 0.972. The summed E-state index contributed by atoms with van der Waals surface area (Å²) in [6.45, 7) is 0. The number of hydrogen-bond acceptors (Lipinski definition) is 3. The van der Waals surface area contributed by atoms with E-state index in [-0.39, 0.29) is 0 Å². The second-order valence-corrected chi connectivity index (χ2v) is 2.56. The minimum Gasteiger partial charge on any atom is -0.740 e. The highest BCUT2D eigenvalue weighted by atomic mass is 32.2. The largest absolute Gasteiger partial charge is 0.740 e. The van der Waals surface area contributed by atoms with Crippen LogP contribution < -0.4 is 4.18 Å². The van der Waals surface area contributed by atoms with Crippen molar-refractivity contribution in [2.45, 2.75) is 0 Å². The second-order valence-electron chi connectivity index (χ2n) is 1.99. The molecule has 3 nitrogen and oxygen atoms in total. The van der Waals surface area contributed by atoms with Crippen molar-refractivity contribution in [2.75, 3.05) is 0 Å². The first-order valence-corrected chi connectivity index (χ1v) is 3.93. The molecule has 0 saturated carbocycles. The van der Waals surface area contributed by atoms with Crippen LogP contribution >= 0.6 is 0 Å². The zero-order chi connectivity index (χ0) is 10.0. The molecule has 0 amide bonds. The van der Waals surface area contributed by atoms with Crippen molar-refractivity contribution in [3.8, 4) is 5.75 Å². The van der Waals surface area contributed by atoms with Crippen LogP contribution in [-0.2, 0) is 11.4 Å². The molecule has 0 heterocycles. The Bertz CT molecular complexity index is 332. The van der Waals surface area contributed by atoms with Gasteiger partial charge in [-0.05, 0) is 0 Å². The highest BCUT2D eigenvalue weighted by Crippen LogP contribution is 2.22. The monoisotopic (exact) mass is 211 g/mol. The summed E-state index contributed by atoms with van der Waals surface area (Å²) in [5.74, 6) is -5.13. The fourth-order valence-electron chi connectivity index (χ4n) is 0.677. The van der Waals surface area contributed by atoms with Gasteiger partial charge in [-0.15, -0.1) is 0 Å². The van der Waals surface area contributed by atoms with Crippen molar-refractivity contribution < 1.29 is 26.1 Å². The van der Waals surface area contributed by atoms with Gasteiger partial charge < -0.3 is 8.74 Å². The summed E-state index contributed by atoms with van der Waals surface area (Å²) in [7, 11) is 0. The maximum atomic E-state index is 12.6. The smallest absolute Gasteiger partial charge is 0.210 e. The van der Waals surface area contributed by atoms with Crippen LogP contribution in [0.3, 0.4) is 0 Å². The Balaban J connectivity index is 3.13. The van der Waals surface area contributed by atoms with Crippen molar-refractivity contribution in [3.05, 3.63) is 29.6 Å². The fraction of sp³-hybridized carbons (Fsp3) is 0. The number of halogens is 3. The third-order valence-electron chi connectivity index (χ3n) is 1.11. The molecule has 0 saturated heterocycles. The molecule has 1 rings (SSSR count). The Morgan fingerprint density at radius 2 is 1.69 bits per heavy atom. The predicted molar refractivity (Wildman–Crippen MR) is 35.9 cm³/mol. The van der Waals surface area contributed by atoms with E-state index in [1.165, 1.54) is 0 Å². The number of rotatable bonds is 2. The van der Waals surface area contributed by atoms with Gasteiger partial charge in [0.05, 0.1) is 0 Å². The average Bonchev–Trinajstić information content (AvgIpc) is 1.96. The first-order chi connectivity index (χ1) is 6.00. The molecular weight excluding hydrogens is 209 g/mol. The van der Waals surface area contributed by atoms with Crippen molar-refractivity contribution >= 4 is 11.4 Å². The van der Waals surface area contributed by atoms with Crippen molar-refractivity contribution in [3.63, 3.8) is 0 Å². The molecule has 7 heteroatoms. The highest BCUT2D eigenvalue weighted by Gasteiger charge is 2.13. The van der Waals surface area contributed by atoms with Gasteiger partial charge in [-0.25, -0.2) is 17.4 Å². The molecule has 0 aliphatic rings. The van der Waals surface area contributed by atoms with Crippen molar-refractivity contribution in [2.24, 2.45) is 0 Å². The molecule has 0 aliphatic carbocycles. The van der Waals surface area contributed by atoms with E-state index in [0.717, 1.165) is 0 Å². The average molecular weight is 211 g/mol. The van der Waals surface area contributed by atoms with Gasteiger partial charge in [-0.2, -0.15) is 0 Å². The lowest BCUT2D eigenvalue weighted by molar-refractivity contribution is 0.402. The van der Waals surface area contributed by atoms with Gasteiger partial charge in [-0.1, -0.05) is 0 Å². The van der Waals surface area contributed by atoms with E-state index in [0.29, 0.717) is 12.1 Å². The molecule has 1 aromatic rings. The van der Waals surface area contributed by atoms with E-state index in [4.69, 9.17) is 0 Å². The van der Waals surface area contributed by atoms with Gasteiger partial charge >= 0.3 is 0 Å². The summed E-state index contributed by atoms with van der Waals surface area (Å²) in [6.07, 6.45) is 0. The van der Waals surface area contributed by atoms with Gasteiger partial charge in [-0.3, -0.25) is 0 Å². The topological polar surface area (TPSA) is 49.4 Å². The van der Waals surface area contributed by atoms with E-state index in [9.17, 15) is 21.9 Å². The zero-order valence-corrected chi connectivity index (χ0v) is 6.74. The molecule has 0 fully saturated rings. The Labute approximate surface area is 73.6 Å². The van der Waals surface area contributed by atoms with Crippen LogP contribution in [0.5, 0.6) is 5.75 Å². The van der Waals surface area contributed by atoms with E-state index in [2.05, 4.69) is 4.18 Å². The Hall–Kier alpha value is -1.08. The quantitative estimate of drug-likeness (QED) is 0.692. The van der Waals surface area contributed by atoms with Crippen LogP contribution in [0.25, 0.3) is 0 Å². The summed E-state index contributed by atoms with van der Waals surface area (Å²) in [4.78, 5) is 0. The summed E-state index contributed by atoms with van der Waals surface area (Å²) in [5, 5.41) is 0. The van der Waals surface area contributed by atoms with E-state index >= 15 is 0 Å². The van der Waals surface area contributed by atoms with Crippen LogP contribution in [0.2, 0.25) is 0 Å². The lowest BCUT2D eigenvalue weighted by Gasteiger charge is -2.08. The Morgan fingerprint density at radius 1 is 1.23 bits per heavy atom. The van der Waals surface area contributed by atoms with Gasteiger partial charge in [0.2, 0.25) is 5.75 Å². The summed E-state index contributed by atoms with van der Waals surface area (Å²) in [5.41, 5.74) is 0. The molecule has 13 heavy (non-hydrogen) atoms. The molecule has 0 aromatic heterocycles. The molecule has 0 spiro atoms. The summed E-state index contributed by atoms with van der Waals surface area (Å²) in [6, 6.07) is 0.622. The highest BCUT2D eigenvalue weighted by molar-refractivity contribution is 7.74. The van der Waals surface area contributed by atoms with Crippen LogP contribution in [0.4, 0.5) is 13.2 Å². The number of hydrogen-bond donors (Lipinski definition) is 0. The maximum absolute atomic E-state index is 12.6. The SMILES string of the molecule is O=S([O-])Oc1c(F)cc(F)cc1F. The lowest BCUT2D eigenvalue weighted by atomic mass is 10.3. The minimum atomic E-state index is -3.10. The lowest BCUT2D eigenvalue weighted by Crippen LogP contribution is -2.02. The molecule has 1 atom stereocenters. The summed E-state index contributed by atoms with van der Waals surface area (Å²) >= 11 is -3.10. The van der Waals surface area contributed by atoms with E-state index in [1.807, 2.05) is 0 Å². The first-order valence-electron chi connectivity index (χ1n) is 2.93. The minimum absolute atomic E-state index is 0.311. The zero-order valence-electron chi connectivity index (χ0n) is 5.92. The van der Waals surface area contributed by atoms with E-state index in [1.54, 1.807) is 0 Å². The van der Waals surface area contributed by atoms with Gasteiger partial charge in [0.15, 0.2) is 11.6 Å². The van der Waals surface area contributed by atoms with Crippen molar-refractivity contribution in [1.29, 1.82) is 0 Å². The van der Waals surface area contributed by atoms with Crippen LogP contribution in [0, 0.1) is 17.5 Å². The molecular formula is C6H2F3O3S-. The molecule has 1 unspecified atom stereocenters. The molecule has 0 bridgehead atoms. The standard InChI is InChI=1S/C6H3F3O3S/c7-3-1-4(8)6(5(9)2-3)12-13(10)11/h1-2H,(H,10,11)/p-1. The maximum Gasteiger partial charge on any atom is 0.210 e. The normalized spacial score (nSPS) is 12.6. The molecule has 0 aliphatic heterocycles. The molecule has 0 N–H and O–H groups in total. The van der Waals surface area contributed by atoms with Gasteiger partial charge in [0.25, 0.3) is 0 Å². The predicted octanol–water partition coefficient (Wildman–Crippen LogP) is 1.28. The number of benzene rings is 1. The first kappa shape index (κ1) is 10.0. The van der Waals surface area contributed by atoms with Gasteiger partial charge in [0.1, 0.15) is 17.2 Å². The molecule has 0 radical (unpaired) electrons. The Kier molecular flexibility index (Phi) is 2.89. The van der Waals surface area contributed by atoms with E-state index < -0.39 is 34.6 Å². The van der Waals surface area contributed by atoms with Crippen LogP contribution in [0.15, 0.2) is 12.1 Å². The van der Waals surface area contributed by atoms with Crippen LogP contribution in [0.1, 0.15) is 0 Å². The van der Waals surface area contributed by atoms with Crippen LogP contribution in [-0.4, -0.2) is 8.76 Å². The van der Waals surface area contributed by atoms with Gasteiger partial charge in [0, 0.05) is 12.1 Å². The molecule has 72 valence electrons.